The van der Waals surface area contributed by atoms with Gasteiger partial charge in [-0.15, -0.1) is 0 Å². The van der Waals surface area contributed by atoms with Crippen LogP contribution in [0.25, 0.3) is 0 Å². The van der Waals surface area contributed by atoms with Crippen molar-refractivity contribution in [2.45, 2.75) is 26.7 Å². The van der Waals surface area contributed by atoms with Gasteiger partial charge in [0, 0.05) is 33.1 Å². The number of urea groups is 1. The summed E-state index contributed by atoms with van der Waals surface area (Å²) in [6.07, 6.45) is 1.66. The SMILES string of the molecule is CCN(CC(=O)O)C(=O)N1CCC(CNC(C)=O)CC1. The van der Waals surface area contributed by atoms with E-state index in [2.05, 4.69) is 5.32 Å². The monoisotopic (exact) mass is 285 g/mol. The molecule has 7 heteroatoms. The van der Waals surface area contributed by atoms with Gasteiger partial charge in [-0.1, -0.05) is 0 Å². The molecule has 0 spiro atoms. The second-order valence-electron chi connectivity index (χ2n) is 5.06. The molecule has 7 nitrogen and oxygen atoms in total. The molecule has 0 saturated carbocycles. The first-order chi connectivity index (χ1) is 9.43. The molecule has 0 bridgehead atoms. The van der Waals surface area contributed by atoms with Crippen molar-refractivity contribution in [2.75, 3.05) is 32.7 Å². The Morgan fingerprint density at radius 2 is 1.90 bits per heavy atom. The Morgan fingerprint density at radius 3 is 2.35 bits per heavy atom. The minimum absolute atomic E-state index is 0.0397. The Balaban J connectivity index is 2.41. The fraction of sp³-hybridized carbons (Fsp3) is 0.769. The summed E-state index contributed by atoms with van der Waals surface area (Å²) in [5.41, 5.74) is 0. The molecule has 0 aromatic carbocycles. The van der Waals surface area contributed by atoms with Gasteiger partial charge in [0.15, 0.2) is 0 Å². The third-order valence-corrected chi connectivity index (χ3v) is 3.50. The van der Waals surface area contributed by atoms with Crippen LogP contribution >= 0.6 is 0 Å². The van der Waals surface area contributed by atoms with Crippen molar-refractivity contribution in [1.82, 2.24) is 15.1 Å². The molecule has 1 rings (SSSR count). The molecule has 0 aromatic heterocycles. The molecule has 20 heavy (non-hydrogen) atoms. The van der Waals surface area contributed by atoms with Gasteiger partial charge in [0.2, 0.25) is 5.91 Å². The minimum Gasteiger partial charge on any atom is -0.480 e. The lowest BCUT2D eigenvalue weighted by Crippen LogP contribution is -2.49. The van der Waals surface area contributed by atoms with Crippen LogP contribution in [0.1, 0.15) is 26.7 Å². The fourth-order valence-corrected chi connectivity index (χ4v) is 2.29. The van der Waals surface area contributed by atoms with E-state index in [-0.39, 0.29) is 18.5 Å². The van der Waals surface area contributed by atoms with Crippen LogP contribution in [0.3, 0.4) is 0 Å². The first-order valence-corrected chi connectivity index (χ1v) is 6.94. The van der Waals surface area contributed by atoms with Crippen molar-refractivity contribution in [3.05, 3.63) is 0 Å². The normalized spacial score (nSPS) is 15.8. The van der Waals surface area contributed by atoms with Crippen LogP contribution in [0.2, 0.25) is 0 Å². The number of carboxylic acid groups (broad SMARTS) is 1. The smallest absolute Gasteiger partial charge is 0.323 e. The van der Waals surface area contributed by atoms with E-state index in [4.69, 9.17) is 5.11 Å². The predicted molar refractivity (Wildman–Crippen MR) is 73.3 cm³/mol. The Kier molecular flexibility index (Phi) is 6.27. The number of aliphatic carboxylic acids is 1. The predicted octanol–water partition coefficient (Wildman–Crippen LogP) is 0.361. The van der Waals surface area contributed by atoms with Gasteiger partial charge < -0.3 is 20.2 Å². The first kappa shape index (κ1) is 16.3. The van der Waals surface area contributed by atoms with Crippen LogP contribution in [0, 0.1) is 5.92 Å². The average Bonchev–Trinajstić information content (AvgIpc) is 2.42. The van der Waals surface area contributed by atoms with Crippen molar-refractivity contribution >= 4 is 17.9 Å². The van der Waals surface area contributed by atoms with Gasteiger partial charge in [0.05, 0.1) is 0 Å². The Morgan fingerprint density at radius 1 is 1.30 bits per heavy atom. The van der Waals surface area contributed by atoms with Crippen molar-refractivity contribution in [3.8, 4) is 0 Å². The molecule has 1 aliphatic rings. The van der Waals surface area contributed by atoms with Gasteiger partial charge in [0.25, 0.3) is 0 Å². The molecule has 114 valence electrons. The summed E-state index contributed by atoms with van der Waals surface area (Å²) in [6.45, 7) is 5.24. The second kappa shape index (κ2) is 7.72. The Bertz CT molecular complexity index is 365. The van der Waals surface area contributed by atoms with Gasteiger partial charge in [-0.05, 0) is 25.7 Å². The van der Waals surface area contributed by atoms with Gasteiger partial charge in [0.1, 0.15) is 6.54 Å². The van der Waals surface area contributed by atoms with Crippen LogP contribution in [0.4, 0.5) is 4.79 Å². The molecule has 1 fully saturated rings. The molecule has 0 aliphatic carbocycles. The Labute approximate surface area is 118 Å². The first-order valence-electron chi connectivity index (χ1n) is 6.94. The largest absolute Gasteiger partial charge is 0.480 e. The maximum atomic E-state index is 12.2. The molecule has 1 saturated heterocycles. The van der Waals surface area contributed by atoms with E-state index in [1.54, 1.807) is 11.8 Å². The maximum absolute atomic E-state index is 12.2. The van der Waals surface area contributed by atoms with E-state index in [1.807, 2.05) is 0 Å². The summed E-state index contributed by atoms with van der Waals surface area (Å²) in [5.74, 6) is -0.652. The fourth-order valence-electron chi connectivity index (χ4n) is 2.29. The number of likely N-dealkylation sites (N-methyl/N-ethyl adjacent to an activating group) is 1. The topological polar surface area (TPSA) is 90.0 Å². The van der Waals surface area contributed by atoms with Crippen molar-refractivity contribution < 1.29 is 19.5 Å². The lowest BCUT2D eigenvalue weighted by atomic mass is 9.97. The number of carboxylic acids is 1. The van der Waals surface area contributed by atoms with Gasteiger partial charge in [-0.3, -0.25) is 9.59 Å². The van der Waals surface area contributed by atoms with Gasteiger partial charge in [-0.25, -0.2) is 4.79 Å². The van der Waals surface area contributed by atoms with E-state index in [0.717, 1.165) is 12.8 Å². The summed E-state index contributed by atoms with van der Waals surface area (Å²) >= 11 is 0. The summed E-state index contributed by atoms with van der Waals surface area (Å²) in [7, 11) is 0. The number of likely N-dealkylation sites (tertiary alicyclic amines) is 1. The van der Waals surface area contributed by atoms with Crippen LogP contribution in [-0.2, 0) is 9.59 Å². The highest BCUT2D eigenvalue weighted by molar-refractivity contribution is 5.80. The highest BCUT2D eigenvalue weighted by Crippen LogP contribution is 2.17. The van der Waals surface area contributed by atoms with E-state index in [1.165, 1.54) is 11.8 Å². The van der Waals surface area contributed by atoms with Crippen LogP contribution in [0.15, 0.2) is 0 Å². The van der Waals surface area contributed by atoms with Crippen molar-refractivity contribution in [3.63, 3.8) is 0 Å². The molecule has 0 unspecified atom stereocenters. The van der Waals surface area contributed by atoms with Crippen LogP contribution in [0.5, 0.6) is 0 Å². The van der Waals surface area contributed by atoms with E-state index >= 15 is 0 Å². The summed E-state index contributed by atoms with van der Waals surface area (Å²) in [5, 5.41) is 11.6. The average molecular weight is 285 g/mol. The van der Waals surface area contributed by atoms with Crippen molar-refractivity contribution in [1.29, 1.82) is 0 Å². The molecule has 3 amide bonds. The lowest BCUT2D eigenvalue weighted by Gasteiger charge is -2.35. The molecule has 0 radical (unpaired) electrons. The van der Waals surface area contributed by atoms with E-state index in [0.29, 0.717) is 32.1 Å². The van der Waals surface area contributed by atoms with Crippen LogP contribution < -0.4 is 5.32 Å². The third kappa shape index (κ3) is 5.07. The number of amides is 3. The molecular weight excluding hydrogens is 262 g/mol. The molecular formula is C13H23N3O4. The summed E-state index contributed by atoms with van der Waals surface area (Å²) in [6, 6.07) is -0.215. The van der Waals surface area contributed by atoms with E-state index in [9.17, 15) is 14.4 Å². The lowest BCUT2D eigenvalue weighted by molar-refractivity contribution is -0.137. The summed E-state index contributed by atoms with van der Waals surface area (Å²) in [4.78, 5) is 36.7. The number of carbonyl (C=O) groups excluding carboxylic acids is 2. The summed E-state index contributed by atoms with van der Waals surface area (Å²) < 4.78 is 0. The van der Waals surface area contributed by atoms with E-state index < -0.39 is 5.97 Å². The molecule has 0 aromatic rings. The molecule has 1 heterocycles. The second-order valence-corrected chi connectivity index (χ2v) is 5.06. The molecule has 2 N–H and O–H groups in total. The molecule has 1 aliphatic heterocycles. The van der Waals surface area contributed by atoms with Gasteiger partial charge >= 0.3 is 12.0 Å². The van der Waals surface area contributed by atoms with Gasteiger partial charge in [-0.2, -0.15) is 0 Å². The zero-order valence-electron chi connectivity index (χ0n) is 12.1. The number of nitrogens with one attached hydrogen (secondary N) is 1. The highest BCUT2D eigenvalue weighted by atomic mass is 16.4. The number of hydrogen-bond acceptors (Lipinski definition) is 3. The highest BCUT2D eigenvalue weighted by Gasteiger charge is 2.26. The maximum Gasteiger partial charge on any atom is 0.323 e. The zero-order chi connectivity index (χ0) is 15.1. The third-order valence-electron chi connectivity index (χ3n) is 3.50. The number of rotatable bonds is 5. The number of hydrogen-bond donors (Lipinski definition) is 2. The van der Waals surface area contributed by atoms with Crippen LogP contribution in [-0.4, -0.2) is 65.5 Å². The number of nitrogens with zero attached hydrogens (tertiary/aromatic N) is 2. The quantitative estimate of drug-likeness (QED) is 0.763. The minimum atomic E-state index is -0.999. The van der Waals surface area contributed by atoms with Crippen molar-refractivity contribution in [2.24, 2.45) is 5.92 Å². The molecule has 0 atom stereocenters. The number of piperidine rings is 1. The standard InChI is InChI=1S/C13H23N3O4/c1-3-15(9-12(18)19)13(20)16-6-4-11(5-7-16)8-14-10(2)17/h11H,3-9H2,1-2H3,(H,14,17)(H,18,19). The Hall–Kier alpha value is -1.79. The zero-order valence-corrected chi connectivity index (χ0v) is 12.1. The number of carbonyl (C=O) groups is 3.